The normalized spacial score (nSPS) is 16.1. The molecule has 0 aromatic carbocycles. The number of hydrogen-bond acceptors (Lipinski definition) is 5. The molecule has 1 aliphatic rings. The Morgan fingerprint density at radius 3 is 2.64 bits per heavy atom. The number of ether oxygens (including phenoxy) is 1. The quantitative estimate of drug-likeness (QED) is 0.693. The molecule has 3 aromatic rings. The van der Waals surface area contributed by atoms with Crippen molar-refractivity contribution in [2.45, 2.75) is 19.9 Å². The van der Waals surface area contributed by atoms with Crippen LogP contribution in [-0.4, -0.2) is 37.2 Å². The first-order valence-electron chi connectivity index (χ1n) is 9.42. The van der Waals surface area contributed by atoms with Crippen molar-refractivity contribution in [3.05, 3.63) is 70.3 Å². The molecule has 28 heavy (non-hydrogen) atoms. The number of nitrogens with zero attached hydrogens (tertiary/aromatic N) is 1. The number of hydrogen-bond donors (Lipinski definition) is 2. The molecule has 1 atom stereocenters. The number of thiophene rings is 1. The Morgan fingerprint density at radius 2 is 1.96 bits per heavy atom. The van der Waals surface area contributed by atoms with Gasteiger partial charge in [0.1, 0.15) is 24.1 Å². The molecule has 4 heterocycles. The number of rotatable bonds is 5. The molecule has 1 unspecified atom stereocenters. The fraction of sp³-hybridized carbons (Fsp3) is 0.333. The number of carbonyl (C=O) groups excluding carboxylic acids is 1. The van der Waals surface area contributed by atoms with Crippen LogP contribution >= 0.6 is 11.3 Å². The highest BCUT2D eigenvalue weighted by molar-refractivity contribution is 7.16. The van der Waals surface area contributed by atoms with E-state index in [0.717, 1.165) is 31.3 Å². The summed E-state index contributed by atoms with van der Waals surface area (Å²) in [5.74, 6) is 0.0896. The maximum atomic E-state index is 12.6. The van der Waals surface area contributed by atoms with Crippen LogP contribution in [-0.2, 0) is 4.74 Å². The van der Waals surface area contributed by atoms with Crippen LogP contribution in [0.15, 0.2) is 47.3 Å². The molecule has 0 spiro atoms. The molecular weight excluding hydrogens is 374 g/mol. The second kappa shape index (κ2) is 8.26. The molecule has 1 saturated heterocycles. The number of anilines is 1. The summed E-state index contributed by atoms with van der Waals surface area (Å²) >= 11 is 1.62. The van der Waals surface area contributed by atoms with Crippen LogP contribution in [0.5, 0.6) is 0 Å². The number of amides is 1. The lowest BCUT2D eigenvalue weighted by Gasteiger charge is -2.32. The Bertz CT molecular complexity index is 931. The van der Waals surface area contributed by atoms with Gasteiger partial charge in [0.2, 0.25) is 0 Å². The second-order valence-electron chi connectivity index (χ2n) is 6.94. The van der Waals surface area contributed by atoms with Gasteiger partial charge in [0.05, 0.1) is 25.0 Å². The van der Waals surface area contributed by atoms with Crippen LogP contribution < -0.4 is 10.2 Å². The molecule has 7 heteroatoms. The van der Waals surface area contributed by atoms with E-state index < -0.39 is 0 Å². The van der Waals surface area contributed by atoms with E-state index in [1.54, 1.807) is 23.5 Å². The van der Waals surface area contributed by atoms with Gasteiger partial charge in [-0.2, -0.15) is 0 Å². The van der Waals surface area contributed by atoms with Crippen molar-refractivity contribution in [1.82, 2.24) is 4.98 Å². The Balaban J connectivity index is 1.76. The van der Waals surface area contributed by atoms with Crippen LogP contribution in [0.25, 0.3) is 0 Å². The van der Waals surface area contributed by atoms with Gasteiger partial charge in [-0.25, -0.2) is 0 Å². The van der Waals surface area contributed by atoms with Crippen molar-refractivity contribution in [2.75, 3.05) is 31.6 Å². The highest BCUT2D eigenvalue weighted by Gasteiger charge is 2.33. The molecule has 0 aliphatic carbocycles. The monoisotopic (exact) mass is 398 g/mol. The van der Waals surface area contributed by atoms with Crippen molar-refractivity contribution in [1.29, 1.82) is 0 Å². The molecule has 2 N–H and O–H groups in total. The maximum absolute atomic E-state index is 12.6. The van der Waals surface area contributed by atoms with Crippen molar-refractivity contribution in [3.8, 4) is 0 Å². The topological polar surface area (TPSA) is 68.8 Å². The number of carbonyl (C=O) groups is 1. The van der Waals surface area contributed by atoms with E-state index in [0.29, 0.717) is 5.76 Å². The van der Waals surface area contributed by atoms with Crippen molar-refractivity contribution < 1.29 is 18.8 Å². The van der Waals surface area contributed by atoms with E-state index in [1.165, 1.54) is 32.7 Å². The first-order chi connectivity index (χ1) is 13.6. The second-order valence-corrected chi connectivity index (χ2v) is 8.17. The van der Waals surface area contributed by atoms with Gasteiger partial charge in [0.25, 0.3) is 5.91 Å². The predicted octanol–water partition coefficient (Wildman–Crippen LogP) is 2.61. The molecule has 1 fully saturated rings. The molecule has 0 radical (unpaired) electrons. The average Bonchev–Trinajstić information content (AvgIpc) is 3.35. The lowest BCUT2D eigenvalue weighted by atomic mass is 9.95. The number of morpholine rings is 1. The number of aromatic nitrogens is 1. The summed E-state index contributed by atoms with van der Waals surface area (Å²) in [4.78, 5) is 19.5. The van der Waals surface area contributed by atoms with E-state index >= 15 is 0 Å². The Morgan fingerprint density at radius 1 is 1.21 bits per heavy atom. The Labute approximate surface area is 168 Å². The van der Waals surface area contributed by atoms with E-state index in [-0.39, 0.29) is 11.9 Å². The van der Waals surface area contributed by atoms with Crippen LogP contribution in [0.4, 0.5) is 5.00 Å². The molecule has 1 aliphatic heterocycles. The summed E-state index contributed by atoms with van der Waals surface area (Å²) in [5.41, 5.74) is 3.59. The third-order valence-electron chi connectivity index (χ3n) is 5.28. The predicted molar refractivity (Wildman–Crippen MR) is 108 cm³/mol. The highest BCUT2D eigenvalue weighted by atomic mass is 32.1. The molecule has 3 aromatic heterocycles. The summed E-state index contributed by atoms with van der Waals surface area (Å²) in [6, 6.07) is 7.65. The lowest BCUT2D eigenvalue weighted by molar-refractivity contribution is -0.933. The third-order valence-corrected chi connectivity index (χ3v) is 6.41. The van der Waals surface area contributed by atoms with Crippen LogP contribution in [0.1, 0.15) is 38.2 Å². The van der Waals surface area contributed by atoms with Gasteiger partial charge >= 0.3 is 0 Å². The SMILES string of the molecule is Cc1sc(NC(=O)c2ccco2)c(C(c2ccncc2)[NH+]2CCOCC2)c1C. The van der Waals surface area contributed by atoms with E-state index in [4.69, 9.17) is 9.15 Å². The maximum Gasteiger partial charge on any atom is 0.291 e. The summed E-state index contributed by atoms with van der Waals surface area (Å²) < 4.78 is 10.9. The summed E-state index contributed by atoms with van der Waals surface area (Å²) in [5, 5.41) is 3.98. The standard InChI is InChI=1S/C21H23N3O3S/c1-14-15(2)28-21(23-20(25)17-4-3-11-27-17)18(14)19(16-5-7-22-8-6-16)24-9-12-26-13-10-24/h3-8,11,19H,9-10,12-13H2,1-2H3,(H,23,25)/p+1. The van der Waals surface area contributed by atoms with Gasteiger partial charge in [-0.1, -0.05) is 0 Å². The van der Waals surface area contributed by atoms with Crippen molar-refractivity contribution >= 4 is 22.2 Å². The minimum atomic E-state index is -0.224. The molecule has 0 saturated carbocycles. The van der Waals surface area contributed by atoms with Gasteiger partial charge in [0.15, 0.2) is 5.76 Å². The first-order valence-corrected chi connectivity index (χ1v) is 10.2. The molecule has 1 amide bonds. The van der Waals surface area contributed by atoms with Crippen molar-refractivity contribution in [2.24, 2.45) is 0 Å². The van der Waals surface area contributed by atoms with Crippen LogP contribution in [0, 0.1) is 13.8 Å². The van der Waals surface area contributed by atoms with E-state index in [9.17, 15) is 4.79 Å². The minimum Gasteiger partial charge on any atom is -0.459 e. The fourth-order valence-electron chi connectivity index (χ4n) is 3.74. The largest absolute Gasteiger partial charge is 0.459 e. The number of nitrogens with one attached hydrogen (secondary N) is 2. The van der Waals surface area contributed by atoms with E-state index in [1.807, 2.05) is 12.4 Å². The van der Waals surface area contributed by atoms with Gasteiger partial charge < -0.3 is 19.4 Å². The summed E-state index contributed by atoms with van der Waals surface area (Å²) in [6.45, 7) is 7.57. The highest BCUT2D eigenvalue weighted by Crippen LogP contribution is 2.38. The Kier molecular flexibility index (Phi) is 5.57. The zero-order valence-corrected chi connectivity index (χ0v) is 16.8. The number of pyridine rings is 1. The number of furan rings is 1. The van der Waals surface area contributed by atoms with Crippen molar-refractivity contribution in [3.63, 3.8) is 0 Å². The molecule has 0 bridgehead atoms. The minimum absolute atomic E-state index is 0.115. The lowest BCUT2D eigenvalue weighted by Crippen LogP contribution is -3.14. The number of quaternary nitrogens is 1. The zero-order chi connectivity index (χ0) is 19.5. The Hall–Kier alpha value is -2.48. The molecular formula is C21H24N3O3S+. The van der Waals surface area contributed by atoms with Gasteiger partial charge in [-0.15, -0.1) is 11.3 Å². The molecule has 146 valence electrons. The van der Waals surface area contributed by atoms with E-state index in [2.05, 4.69) is 36.3 Å². The molecule has 6 nitrogen and oxygen atoms in total. The summed E-state index contributed by atoms with van der Waals surface area (Å²) in [6.07, 6.45) is 5.17. The smallest absolute Gasteiger partial charge is 0.291 e. The van der Waals surface area contributed by atoms with Gasteiger partial charge in [-0.05, 0) is 43.7 Å². The summed E-state index contributed by atoms with van der Waals surface area (Å²) in [7, 11) is 0. The van der Waals surface area contributed by atoms with Gasteiger partial charge in [0, 0.05) is 22.8 Å². The fourth-order valence-corrected chi connectivity index (χ4v) is 4.84. The number of aryl methyl sites for hydroxylation is 1. The molecule has 4 rings (SSSR count). The third kappa shape index (κ3) is 3.73. The first kappa shape index (κ1) is 18.9. The van der Waals surface area contributed by atoms with Crippen LogP contribution in [0.2, 0.25) is 0 Å². The van der Waals surface area contributed by atoms with Crippen LogP contribution in [0.3, 0.4) is 0 Å². The zero-order valence-electron chi connectivity index (χ0n) is 16.0. The van der Waals surface area contributed by atoms with Gasteiger partial charge in [-0.3, -0.25) is 9.78 Å². The average molecular weight is 399 g/mol.